The van der Waals surface area contributed by atoms with Crippen molar-refractivity contribution in [3.05, 3.63) is 102 Å². The highest BCUT2D eigenvalue weighted by molar-refractivity contribution is 6.05. The number of hydrogen-bond acceptors (Lipinski definition) is 8. The lowest BCUT2D eigenvalue weighted by molar-refractivity contribution is -0.136. The van der Waals surface area contributed by atoms with Gasteiger partial charge in [-0.2, -0.15) is 5.10 Å². The van der Waals surface area contributed by atoms with E-state index in [4.69, 9.17) is 10.1 Å². The molecule has 2 N–H and O–H groups in total. The third kappa shape index (κ3) is 5.69. The Morgan fingerprint density at radius 1 is 0.894 bits per heavy atom. The van der Waals surface area contributed by atoms with E-state index in [1.54, 1.807) is 4.90 Å². The number of anilines is 2. The Morgan fingerprint density at radius 2 is 1.74 bits per heavy atom. The Labute approximate surface area is 271 Å². The fraction of sp³-hybridized carbons (Fsp3) is 0.278. The second kappa shape index (κ2) is 12.0. The van der Waals surface area contributed by atoms with Gasteiger partial charge in [-0.3, -0.25) is 29.4 Å². The molecule has 0 spiro atoms. The van der Waals surface area contributed by atoms with Crippen molar-refractivity contribution in [1.29, 1.82) is 0 Å². The van der Waals surface area contributed by atoms with Crippen molar-refractivity contribution in [1.82, 2.24) is 30.0 Å². The number of rotatable bonds is 7. The number of piperidine rings is 2. The molecule has 11 heteroatoms. The predicted molar refractivity (Wildman–Crippen MR) is 177 cm³/mol. The number of amides is 3. The summed E-state index contributed by atoms with van der Waals surface area (Å²) in [6.45, 7) is 2.88. The summed E-state index contributed by atoms with van der Waals surface area (Å²) in [4.78, 5) is 50.3. The van der Waals surface area contributed by atoms with Crippen LogP contribution in [0.2, 0.25) is 0 Å². The quantitative estimate of drug-likeness (QED) is 0.249. The highest BCUT2D eigenvalue weighted by Crippen LogP contribution is 2.31. The van der Waals surface area contributed by atoms with Gasteiger partial charge in [0.2, 0.25) is 11.8 Å². The Hall–Kier alpha value is -5.58. The van der Waals surface area contributed by atoms with Gasteiger partial charge in [0.1, 0.15) is 6.04 Å². The third-order valence-electron chi connectivity index (χ3n) is 9.48. The molecule has 0 saturated carbocycles. The molecule has 2 aromatic heterocycles. The number of benzene rings is 3. The van der Waals surface area contributed by atoms with Crippen LogP contribution in [-0.4, -0.2) is 61.5 Å². The number of carbonyl (C=O) groups excluding carboxylic acids is 3. The van der Waals surface area contributed by atoms with E-state index in [9.17, 15) is 14.4 Å². The SMILES string of the molecule is O=C1CCC(N2Cc3cc(NCc4cccc(N5CCC(n6cc(-c7cnc8ccccc8n7)cn6)CC5)c4)ccc3C2=O)C(=O)N1. The molecule has 47 heavy (non-hydrogen) atoms. The molecule has 3 amide bonds. The average molecular weight is 627 g/mol. The van der Waals surface area contributed by atoms with Crippen LogP contribution in [-0.2, 0) is 22.7 Å². The first-order chi connectivity index (χ1) is 23.0. The van der Waals surface area contributed by atoms with Gasteiger partial charge in [0, 0.05) is 61.3 Å². The molecular formula is C36H34N8O3. The largest absolute Gasteiger partial charge is 0.381 e. The van der Waals surface area contributed by atoms with Crippen molar-refractivity contribution in [2.24, 2.45) is 0 Å². The molecule has 3 aliphatic rings. The van der Waals surface area contributed by atoms with Gasteiger partial charge in [0.25, 0.3) is 5.91 Å². The first-order valence-electron chi connectivity index (χ1n) is 16.1. The van der Waals surface area contributed by atoms with E-state index in [1.165, 1.54) is 11.3 Å². The van der Waals surface area contributed by atoms with E-state index in [2.05, 4.69) is 55.7 Å². The van der Waals surface area contributed by atoms with Crippen LogP contribution in [0.25, 0.3) is 22.3 Å². The summed E-state index contributed by atoms with van der Waals surface area (Å²) in [5, 5.41) is 10.6. The maximum atomic E-state index is 13.0. The van der Waals surface area contributed by atoms with Crippen LogP contribution in [0.5, 0.6) is 0 Å². The summed E-state index contributed by atoms with van der Waals surface area (Å²) in [5.74, 6) is -0.843. The maximum Gasteiger partial charge on any atom is 0.255 e. The summed E-state index contributed by atoms with van der Waals surface area (Å²) in [6, 6.07) is 21.9. The summed E-state index contributed by atoms with van der Waals surface area (Å²) < 4.78 is 2.08. The summed E-state index contributed by atoms with van der Waals surface area (Å²) >= 11 is 0. The monoisotopic (exact) mass is 626 g/mol. The van der Waals surface area contributed by atoms with Crippen LogP contribution in [0, 0.1) is 0 Å². The van der Waals surface area contributed by atoms with E-state index >= 15 is 0 Å². The highest BCUT2D eigenvalue weighted by atomic mass is 16.2. The standard InChI is InChI=1S/C36H34N8O3/c45-34-11-10-33(35(46)41-34)43-21-24-17-26(8-9-29(24)36(43)47)37-18-23-4-3-5-28(16-23)42-14-12-27(13-15-42)44-22-25(19-39-44)32-20-38-30-6-1-2-7-31(30)40-32/h1-9,16-17,19-20,22,27,33,37H,10-15,18,21H2,(H,41,45,46). The number of fused-ring (bicyclic) bond motifs is 2. The highest BCUT2D eigenvalue weighted by Gasteiger charge is 2.39. The van der Waals surface area contributed by atoms with Crippen LogP contribution in [0.15, 0.2) is 85.3 Å². The summed E-state index contributed by atoms with van der Waals surface area (Å²) in [5.41, 5.74) is 8.36. The first-order valence-corrected chi connectivity index (χ1v) is 16.1. The molecule has 8 rings (SSSR count). The molecule has 2 saturated heterocycles. The van der Waals surface area contributed by atoms with Gasteiger partial charge in [-0.15, -0.1) is 0 Å². The minimum atomic E-state index is -0.612. The molecule has 0 aliphatic carbocycles. The van der Waals surface area contributed by atoms with Gasteiger partial charge in [0.05, 0.1) is 35.2 Å². The Bertz CT molecular complexity index is 2010. The smallest absolute Gasteiger partial charge is 0.255 e. The number of carbonyl (C=O) groups is 3. The number of para-hydroxylation sites is 2. The zero-order valence-corrected chi connectivity index (χ0v) is 25.8. The normalized spacial score (nSPS) is 18.5. The van der Waals surface area contributed by atoms with E-state index < -0.39 is 11.9 Å². The van der Waals surface area contributed by atoms with Crippen LogP contribution >= 0.6 is 0 Å². The van der Waals surface area contributed by atoms with Crippen molar-refractivity contribution >= 4 is 40.1 Å². The zero-order chi connectivity index (χ0) is 31.9. The van der Waals surface area contributed by atoms with Gasteiger partial charge in [-0.1, -0.05) is 24.3 Å². The topological polar surface area (TPSA) is 125 Å². The van der Waals surface area contributed by atoms with Crippen molar-refractivity contribution in [3.8, 4) is 11.3 Å². The predicted octanol–water partition coefficient (Wildman–Crippen LogP) is 4.71. The molecule has 5 heterocycles. The fourth-order valence-electron chi connectivity index (χ4n) is 6.91. The van der Waals surface area contributed by atoms with Crippen molar-refractivity contribution in [2.75, 3.05) is 23.3 Å². The lowest BCUT2D eigenvalue weighted by Crippen LogP contribution is -2.52. The van der Waals surface area contributed by atoms with Crippen molar-refractivity contribution < 1.29 is 14.4 Å². The number of nitrogens with zero attached hydrogens (tertiary/aromatic N) is 6. The molecule has 3 aliphatic heterocycles. The van der Waals surface area contributed by atoms with Gasteiger partial charge in [0.15, 0.2) is 0 Å². The molecular weight excluding hydrogens is 592 g/mol. The summed E-state index contributed by atoms with van der Waals surface area (Å²) in [6.07, 6.45) is 8.38. The Kier molecular flexibility index (Phi) is 7.35. The number of hydrogen-bond donors (Lipinski definition) is 2. The Balaban J connectivity index is 0.873. The minimum absolute atomic E-state index is 0.162. The van der Waals surface area contributed by atoms with Gasteiger partial charge < -0.3 is 15.1 Å². The molecule has 2 fully saturated rings. The van der Waals surface area contributed by atoms with Crippen molar-refractivity contribution in [3.63, 3.8) is 0 Å². The molecule has 1 atom stereocenters. The molecule has 3 aromatic carbocycles. The van der Waals surface area contributed by atoms with Crippen LogP contribution in [0.4, 0.5) is 11.4 Å². The number of aromatic nitrogens is 4. The fourth-order valence-corrected chi connectivity index (χ4v) is 6.91. The minimum Gasteiger partial charge on any atom is -0.381 e. The second-order valence-corrected chi connectivity index (χ2v) is 12.5. The van der Waals surface area contributed by atoms with Crippen LogP contribution in [0.3, 0.4) is 0 Å². The van der Waals surface area contributed by atoms with Crippen molar-refractivity contribution in [2.45, 2.75) is 50.9 Å². The van der Waals surface area contributed by atoms with E-state index in [0.29, 0.717) is 31.1 Å². The molecule has 5 aromatic rings. The maximum absolute atomic E-state index is 13.0. The molecule has 0 radical (unpaired) electrons. The van der Waals surface area contributed by atoms with Crippen LogP contribution in [0.1, 0.15) is 53.2 Å². The van der Waals surface area contributed by atoms with E-state index in [-0.39, 0.29) is 18.2 Å². The van der Waals surface area contributed by atoms with Crippen LogP contribution < -0.4 is 15.5 Å². The number of imide groups is 1. The average Bonchev–Trinajstić information content (AvgIpc) is 3.72. The second-order valence-electron chi connectivity index (χ2n) is 12.5. The molecule has 1 unspecified atom stereocenters. The lowest BCUT2D eigenvalue weighted by atomic mass is 10.0. The summed E-state index contributed by atoms with van der Waals surface area (Å²) in [7, 11) is 0. The van der Waals surface area contributed by atoms with E-state index in [0.717, 1.165) is 59.5 Å². The Morgan fingerprint density at radius 3 is 2.60 bits per heavy atom. The van der Waals surface area contributed by atoms with Gasteiger partial charge in [-0.05, 0) is 72.9 Å². The third-order valence-corrected chi connectivity index (χ3v) is 9.48. The molecule has 0 bridgehead atoms. The molecule has 11 nitrogen and oxygen atoms in total. The van der Waals surface area contributed by atoms with Gasteiger partial charge >= 0.3 is 0 Å². The lowest BCUT2D eigenvalue weighted by Gasteiger charge is -2.34. The van der Waals surface area contributed by atoms with E-state index in [1.807, 2.05) is 54.9 Å². The zero-order valence-electron chi connectivity index (χ0n) is 25.8. The molecule has 236 valence electrons. The van der Waals surface area contributed by atoms with Gasteiger partial charge in [-0.25, -0.2) is 4.98 Å². The number of nitrogens with one attached hydrogen (secondary N) is 2. The first kappa shape index (κ1) is 28.9.